The van der Waals surface area contributed by atoms with Crippen molar-refractivity contribution in [2.75, 3.05) is 25.7 Å². The van der Waals surface area contributed by atoms with Crippen molar-refractivity contribution >= 4 is 11.6 Å². The molecule has 0 aliphatic carbocycles. The Balaban J connectivity index is 1.95. The van der Waals surface area contributed by atoms with Crippen molar-refractivity contribution < 1.29 is 19.0 Å². The third kappa shape index (κ3) is 5.00. The molecule has 1 amide bonds. The lowest BCUT2D eigenvalue weighted by atomic mass is 10.1. The highest BCUT2D eigenvalue weighted by molar-refractivity contribution is 6.07. The molecule has 5 nitrogen and oxygen atoms in total. The van der Waals surface area contributed by atoms with Gasteiger partial charge in [0.1, 0.15) is 6.61 Å². The number of aryl methyl sites for hydroxylation is 2. The fourth-order valence-corrected chi connectivity index (χ4v) is 3.46. The van der Waals surface area contributed by atoms with Crippen LogP contribution in [0.25, 0.3) is 0 Å². The van der Waals surface area contributed by atoms with Crippen LogP contribution in [0.15, 0.2) is 60.7 Å². The Bertz CT molecular complexity index is 1020. The van der Waals surface area contributed by atoms with Gasteiger partial charge in [-0.3, -0.25) is 4.79 Å². The number of hydrogen-bond donors (Lipinski definition) is 0. The number of anilines is 1. The molecule has 3 rings (SSSR count). The number of carbonyl (C=O) groups excluding carboxylic acids is 1. The van der Waals surface area contributed by atoms with E-state index in [2.05, 4.69) is 0 Å². The molecule has 31 heavy (non-hydrogen) atoms. The Kier molecular flexibility index (Phi) is 7.19. The summed E-state index contributed by atoms with van der Waals surface area (Å²) in [5.74, 6) is 1.26. The van der Waals surface area contributed by atoms with Gasteiger partial charge in [-0.05, 0) is 55.7 Å². The lowest BCUT2D eigenvalue weighted by Gasteiger charge is -2.24. The van der Waals surface area contributed by atoms with E-state index in [1.165, 1.54) is 0 Å². The summed E-state index contributed by atoms with van der Waals surface area (Å²) in [6.07, 6.45) is 0. The predicted molar refractivity (Wildman–Crippen MR) is 124 cm³/mol. The highest BCUT2D eigenvalue weighted by Crippen LogP contribution is 2.39. The van der Waals surface area contributed by atoms with Gasteiger partial charge in [-0.1, -0.05) is 42.5 Å². The minimum atomic E-state index is -0.123. The summed E-state index contributed by atoms with van der Waals surface area (Å²) in [5, 5.41) is 0. The summed E-state index contributed by atoms with van der Waals surface area (Å²) < 4.78 is 17.1. The van der Waals surface area contributed by atoms with Crippen LogP contribution in [0.4, 0.5) is 5.69 Å². The summed E-state index contributed by atoms with van der Waals surface area (Å²) in [5.41, 5.74) is 4.55. The molecule has 0 aromatic heterocycles. The first-order valence-corrected chi connectivity index (χ1v) is 10.3. The molecule has 0 bridgehead atoms. The maximum absolute atomic E-state index is 13.4. The molecule has 0 saturated carbocycles. The van der Waals surface area contributed by atoms with E-state index in [4.69, 9.17) is 14.2 Å². The Hall–Kier alpha value is -3.47. The fourth-order valence-electron chi connectivity index (χ4n) is 3.46. The number of hydrogen-bond acceptors (Lipinski definition) is 4. The standard InChI is InChI=1S/C26H29NO4/c1-6-27(22-14-18(2)12-13-19(22)3)26(28)21-15-23(29-4)25(24(16-21)30-5)31-17-20-10-8-7-9-11-20/h7-16H,6,17H2,1-5H3. The van der Waals surface area contributed by atoms with E-state index in [-0.39, 0.29) is 5.91 Å². The third-order valence-corrected chi connectivity index (χ3v) is 5.15. The van der Waals surface area contributed by atoms with Crippen LogP contribution >= 0.6 is 0 Å². The van der Waals surface area contributed by atoms with Crippen LogP contribution in [0.3, 0.4) is 0 Å². The molecule has 0 aliphatic heterocycles. The van der Waals surface area contributed by atoms with Crippen LogP contribution in [-0.4, -0.2) is 26.7 Å². The molecule has 3 aromatic carbocycles. The first-order chi connectivity index (χ1) is 15.0. The van der Waals surface area contributed by atoms with Crippen LogP contribution in [0.1, 0.15) is 34.0 Å². The maximum atomic E-state index is 13.4. The number of benzene rings is 3. The summed E-state index contributed by atoms with van der Waals surface area (Å²) in [6.45, 7) is 6.90. The van der Waals surface area contributed by atoms with E-state index >= 15 is 0 Å². The van der Waals surface area contributed by atoms with Gasteiger partial charge >= 0.3 is 0 Å². The number of methoxy groups -OCH3 is 2. The number of ether oxygens (including phenoxy) is 3. The van der Waals surface area contributed by atoms with E-state index in [0.717, 1.165) is 22.4 Å². The van der Waals surface area contributed by atoms with Crippen molar-refractivity contribution in [1.82, 2.24) is 0 Å². The highest BCUT2D eigenvalue weighted by atomic mass is 16.5. The molecule has 3 aromatic rings. The molecule has 0 N–H and O–H groups in total. The zero-order valence-corrected chi connectivity index (χ0v) is 18.8. The third-order valence-electron chi connectivity index (χ3n) is 5.15. The van der Waals surface area contributed by atoms with E-state index < -0.39 is 0 Å². The average molecular weight is 420 g/mol. The van der Waals surface area contributed by atoms with Crippen LogP contribution in [-0.2, 0) is 6.61 Å². The van der Waals surface area contributed by atoms with E-state index in [9.17, 15) is 4.79 Å². The average Bonchev–Trinajstić information content (AvgIpc) is 2.80. The fraction of sp³-hybridized carbons (Fsp3) is 0.269. The second-order valence-corrected chi connectivity index (χ2v) is 7.32. The molecule has 0 atom stereocenters. The Morgan fingerprint density at radius 1 is 0.903 bits per heavy atom. The zero-order chi connectivity index (χ0) is 22.4. The normalized spacial score (nSPS) is 10.5. The van der Waals surface area contributed by atoms with Crippen LogP contribution in [0.5, 0.6) is 17.2 Å². The van der Waals surface area contributed by atoms with Crippen molar-refractivity contribution in [2.24, 2.45) is 0 Å². The van der Waals surface area contributed by atoms with Gasteiger partial charge in [0, 0.05) is 17.8 Å². The first-order valence-electron chi connectivity index (χ1n) is 10.3. The van der Waals surface area contributed by atoms with Crippen molar-refractivity contribution in [3.8, 4) is 17.2 Å². The summed E-state index contributed by atoms with van der Waals surface area (Å²) in [7, 11) is 3.11. The SMILES string of the molecule is CCN(C(=O)c1cc(OC)c(OCc2ccccc2)c(OC)c1)c1cc(C)ccc1C. The topological polar surface area (TPSA) is 48.0 Å². The van der Waals surface area contributed by atoms with Crippen molar-refractivity contribution in [2.45, 2.75) is 27.4 Å². The summed E-state index contributed by atoms with van der Waals surface area (Å²) in [4.78, 5) is 15.2. The molecule has 0 unspecified atom stereocenters. The first kappa shape index (κ1) is 22.2. The van der Waals surface area contributed by atoms with E-state index in [0.29, 0.717) is 36.0 Å². The predicted octanol–water partition coefficient (Wildman–Crippen LogP) is 5.57. The molecule has 162 valence electrons. The number of rotatable bonds is 8. The molecule has 0 heterocycles. The van der Waals surface area contributed by atoms with Crippen molar-refractivity contribution in [3.63, 3.8) is 0 Å². The second kappa shape index (κ2) is 10.0. The number of amides is 1. The Labute approximate surface area is 184 Å². The molecule has 0 radical (unpaired) electrons. The van der Waals surface area contributed by atoms with Crippen LogP contribution in [0, 0.1) is 13.8 Å². The van der Waals surface area contributed by atoms with Gasteiger partial charge in [-0.25, -0.2) is 0 Å². The second-order valence-electron chi connectivity index (χ2n) is 7.32. The van der Waals surface area contributed by atoms with Crippen LogP contribution in [0.2, 0.25) is 0 Å². The lowest BCUT2D eigenvalue weighted by molar-refractivity contribution is 0.0987. The quantitative estimate of drug-likeness (QED) is 0.479. The van der Waals surface area contributed by atoms with Gasteiger partial charge in [0.25, 0.3) is 5.91 Å². The van der Waals surface area contributed by atoms with Crippen molar-refractivity contribution in [1.29, 1.82) is 0 Å². The number of carbonyl (C=O) groups is 1. The monoisotopic (exact) mass is 419 g/mol. The largest absolute Gasteiger partial charge is 0.493 e. The molecule has 0 fully saturated rings. The van der Waals surface area contributed by atoms with Gasteiger partial charge in [0.05, 0.1) is 14.2 Å². The summed E-state index contributed by atoms with van der Waals surface area (Å²) >= 11 is 0. The molecular formula is C26H29NO4. The minimum absolute atomic E-state index is 0.123. The number of nitrogens with zero attached hydrogens (tertiary/aromatic N) is 1. The van der Waals surface area contributed by atoms with Gasteiger partial charge in [-0.2, -0.15) is 0 Å². The Morgan fingerprint density at radius 3 is 2.13 bits per heavy atom. The zero-order valence-electron chi connectivity index (χ0n) is 18.8. The van der Waals surface area contributed by atoms with Gasteiger partial charge in [-0.15, -0.1) is 0 Å². The highest BCUT2D eigenvalue weighted by Gasteiger charge is 2.23. The van der Waals surface area contributed by atoms with Gasteiger partial charge in [0.15, 0.2) is 11.5 Å². The summed E-state index contributed by atoms with van der Waals surface area (Å²) in [6, 6.07) is 19.4. The van der Waals surface area contributed by atoms with E-state index in [1.807, 2.05) is 69.3 Å². The molecule has 0 aliphatic rings. The van der Waals surface area contributed by atoms with Crippen LogP contribution < -0.4 is 19.1 Å². The van der Waals surface area contributed by atoms with Gasteiger partial charge in [0.2, 0.25) is 5.75 Å². The molecule has 0 spiro atoms. The lowest BCUT2D eigenvalue weighted by Crippen LogP contribution is -2.31. The smallest absolute Gasteiger partial charge is 0.258 e. The van der Waals surface area contributed by atoms with Gasteiger partial charge < -0.3 is 19.1 Å². The Morgan fingerprint density at radius 2 is 1.55 bits per heavy atom. The van der Waals surface area contributed by atoms with E-state index in [1.54, 1.807) is 31.3 Å². The van der Waals surface area contributed by atoms with Crippen molar-refractivity contribution in [3.05, 3.63) is 82.9 Å². The molecule has 0 saturated heterocycles. The minimum Gasteiger partial charge on any atom is -0.493 e. The molecule has 5 heteroatoms. The molecular weight excluding hydrogens is 390 g/mol. The maximum Gasteiger partial charge on any atom is 0.258 e.